The molecule has 0 atom stereocenters. The van der Waals surface area contributed by atoms with Crippen LogP contribution >= 0.6 is 35.0 Å². The first-order valence-electron chi connectivity index (χ1n) is 9.46. The Balaban J connectivity index is 1.49. The van der Waals surface area contributed by atoms with Gasteiger partial charge in [0.15, 0.2) is 12.4 Å². The molecule has 1 aliphatic heterocycles. The van der Waals surface area contributed by atoms with Crippen molar-refractivity contribution < 1.29 is 23.9 Å². The molecule has 3 rings (SSSR count). The Morgan fingerprint density at radius 2 is 1.84 bits per heavy atom. The lowest BCUT2D eigenvalue weighted by Gasteiger charge is -2.13. The minimum absolute atomic E-state index is 0.0182. The van der Waals surface area contributed by atoms with Crippen molar-refractivity contribution in [3.63, 3.8) is 0 Å². The summed E-state index contributed by atoms with van der Waals surface area (Å²) in [6, 6.07) is 11.4. The van der Waals surface area contributed by atoms with Crippen molar-refractivity contribution in [1.29, 1.82) is 0 Å². The summed E-state index contributed by atoms with van der Waals surface area (Å²) in [6.07, 6.45) is 1.52. The van der Waals surface area contributed by atoms with Crippen molar-refractivity contribution >= 4 is 63.9 Å². The highest BCUT2D eigenvalue weighted by Gasteiger charge is 2.34. The van der Waals surface area contributed by atoms with Gasteiger partial charge in [0.1, 0.15) is 5.75 Å². The van der Waals surface area contributed by atoms with E-state index in [2.05, 4.69) is 5.32 Å². The lowest BCUT2D eigenvalue weighted by molar-refractivity contribution is -0.125. The number of imide groups is 1. The van der Waals surface area contributed by atoms with Gasteiger partial charge in [-0.15, -0.1) is 0 Å². The summed E-state index contributed by atoms with van der Waals surface area (Å²) in [7, 11) is 0. The van der Waals surface area contributed by atoms with Gasteiger partial charge in [0.05, 0.1) is 15.0 Å². The zero-order chi connectivity index (χ0) is 23.3. The van der Waals surface area contributed by atoms with Crippen molar-refractivity contribution in [3.05, 3.63) is 68.5 Å². The number of ether oxygens (including phenoxy) is 1. The van der Waals surface area contributed by atoms with Gasteiger partial charge in [-0.25, -0.2) is 0 Å². The molecular weight excluding hydrogens is 475 g/mol. The van der Waals surface area contributed by atoms with Crippen LogP contribution in [0.2, 0.25) is 10.0 Å². The van der Waals surface area contributed by atoms with E-state index in [0.29, 0.717) is 26.9 Å². The third-order valence-corrected chi connectivity index (χ3v) is 6.17. The molecule has 166 valence electrons. The summed E-state index contributed by atoms with van der Waals surface area (Å²) in [5.74, 6) is -0.492. The van der Waals surface area contributed by atoms with Crippen LogP contribution in [-0.2, 0) is 9.59 Å². The molecule has 2 aromatic rings. The number of nitrogens with zero attached hydrogens (tertiary/aromatic N) is 1. The third-order valence-electron chi connectivity index (χ3n) is 4.43. The first kappa shape index (κ1) is 23.8. The zero-order valence-corrected chi connectivity index (χ0v) is 19.2. The molecule has 0 spiro atoms. The minimum Gasteiger partial charge on any atom is -0.484 e. The highest BCUT2D eigenvalue weighted by molar-refractivity contribution is 8.18. The Kier molecular flexibility index (Phi) is 7.95. The molecule has 1 heterocycles. The van der Waals surface area contributed by atoms with Crippen LogP contribution in [0.4, 0.5) is 4.79 Å². The molecule has 10 heteroatoms. The van der Waals surface area contributed by atoms with Crippen LogP contribution in [0, 0.1) is 0 Å². The largest absolute Gasteiger partial charge is 0.484 e. The first-order chi connectivity index (χ1) is 15.3. The van der Waals surface area contributed by atoms with Crippen molar-refractivity contribution in [2.24, 2.45) is 0 Å². The predicted octanol–water partition coefficient (Wildman–Crippen LogP) is 4.43. The topological polar surface area (TPSA) is 92.8 Å². The maximum Gasteiger partial charge on any atom is 0.293 e. The van der Waals surface area contributed by atoms with Gasteiger partial charge in [-0.1, -0.05) is 35.3 Å². The fourth-order valence-electron chi connectivity index (χ4n) is 2.76. The van der Waals surface area contributed by atoms with Crippen LogP contribution in [0.1, 0.15) is 22.8 Å². The van der Waals surface area contributed by atoms with Gasteiger partial charge >= 0.3 is 0 Å². The number of benzene rings is 2. The van der Waals surface area contributed by atoms with E-state index in [1.165, 1.54) is 13.0 Å². The highest BCUT2D eigenvalue weighted by Crippen LogP contribution is 2.34. The van der Waals surface area contributed by atoms with E-state index in [1.54, 1.807) is 42.5 Å². The number of nitrogens with one attached hydrogen (secondary N) is 1. The Bertz CT molecular complexity index is 1100. The number of halogens is 2. The van der Waals surface area contributed by atoms with Gasteiger partial charge < -0.3 is 10.1 Å². The number of carbonyl (C=O) groups is 4. The second-order valence-corrected chi connectivity index (χ2v) is 8.47. The lowest BCUT2D eigenvalue weighted by Crippen LogP contribution is -2.38. The van der Waals surface area contributed by atoms with E-state index in [0.717, 1.165) is 16.7 Å². The van der Waals surface area contributed by atoms with Gasteiger partial charge in [0.25, 0.3) is 17.1 Å². The van der Waals surface area contributed by atoms with Gasteiger partial charge in [0, 0.05) is 18.7 Å². The number of hydrogen-bond donors (Lipinski definition) is 1. The number of ketones is 1. The van der Waals surface area contributed by atoms with E-state index < -0.39 is 17.1 Å². The van der Waals surface area contributed by atoms with Crippen molar-refractivity contribution in [2.75, 3.05) is 19.7 Å². The quantitative estimate of drug-likeness (QED) is 0.432. The number of Topliss-reactive ketones (excluding diaryl/α,β-unsaturated/α-hetero) is 1. The van der Waals surface area contributed by atoms with Crippen LogP contribution < -0.4 is 10.1 Å². The van der Waals surface area contributed by atoms with Gasteiger partial charge in [0.2, 0.25) is 0 Å². The SMILES string of the molecule is CC(=O)c1ccc(OCC(=O)NCCN2C(=O)S/C(=C\c3cccc(Cl)c3Cl)C2=O)cc1. The van der Waals surface area contributed by atoms with Gasteiger partial charge in [-0.05, 0) is 60.7 Å². The van der Waals surface area contributed by atoms with E-state index >= 15 is 0 Å². The molecule has 1 N–H and O–H groups in total. The summed E-state index contributed by atoms with van der Waals surface area (Å²) in [4.78, 5) is 49.3. The van der Waals surface area contributed by atoms with Crippen LogP contribution in [0.15, 0.2) is 47.4 Å². The fourth-order valence-corrected chi connectivity index (χ4v) is 3.98. The molecule has 0 radical (unpaired) electrons. The molecule has 0 unspecified atom stereocenters. The third kappa shape index (κ3) is 5.91. The average molecular weight is 493 g/mol. The fraction of sp³-hybridized carbons (Fsp3) is 0.182. The molecule has 0 aliphatic carbocycles. The molecule has 1 aliphatic rings. The Morgan fingerprint density at radius 1 is 1.12 bits per heavy atom. The summed E-state index contributed by atoms with van der Waals surface area (Å²) < 4.78 is 5.36. The number of thioether (sulfide) groups is 1. The number of hydrogen-bond acceptors (Lipinski definition) is 6. The Labute approximate surface area is 198 Å². The predicted molar refractivity (Wildman–Crippen MR) is 124 cm³/mol. The smallest absolute Gasteiger partial charge is 0.293 e. The molecule has 2 aromatic carbocycles. The Morgan fingerprint density at radius 3 is 2.53 bits per heavy atom. The van der Waals surface area contributed by atoms with Gasteiger partial charge in [-0.3, -0.25) is 24.1 Å². The molecule has 1 saturated heterocycles. The molecule has 1 fully saturated rings. The molecule has 0 bridgehead atoms. The van der Waals surface area contributed by atoms with Gasteiger partial charge in [-0.2, -0.15) is 0 Å². The highest BCUT2D eigenvalue weighted by atomic mass is 35.5. The molecule has 7 nitrogen and oxygen atoms in total. The second-order valence-electron chi connectivity index (χ2n) is 6.70. The summed E-state index contributed by atoms with van der Waals surface area (Å²) >= 11 is 12.9. The van der Waals surface area contributed by atoms with Crippen LogP contribution in [0.25, 0.3) is 6.08 Å². The minimum atomic E-state index is -0.466. The van der Waals surface area contributed by atoms with E-state index in [4.69, 9.17) is 27.9 Å². The standard InChI is InChI=1S/C22H18Cl2N2O5S/c1-13(27)14-5-7-16(8-6-14)31-12-19(28)25-9-10-26-21(29)18(32-22(26)30)11-15-3-2-4-17(23)20(15)24/h2-8,11H,9-10,12H2,1H3,(H,25,28)/b18-11-. The van der Waals surface area contributed by atoms with Crippen LogP contribution in [-0.4, -0.2) is 47.4 Å². The number of carbonyl (C=O) groups excluding carboxylic acids is 4. The maximum atomic E-state index is 12.6. The normalized spacial score (nSPS) is 14.7. The molecule has 0 aromatic heterocycles. The van der Waals surface area contributed by atoms with E-state index in [-0.39, 0.29) is 30.4 Å². The average Bonchev–Trinajstić information content (AvgIpc) is 3.03. The van der Waals surface area contributed by atoms with Crippen LogP contribution in [0.5, 0.6) is 5.75 Å². The lowest BCUT2D eigenvalue weighted by atomic mass is 10.1. The molecule has 32 heavy (non-hydrogen) atoms. The number of rotatable bonds is 8. The maximum absolute atomic E-state index is 12.6. The number of amides is 3. The first-order valence-corrected chi connectivity index (χ1v) is 11.0. The molecule has 0 saturated carbocycles. The monoisotopic (exact) mass is 492 g/mol. The van der Waals surface area contributed by atoms with Crippen molar-refractivity contribution in [2.45, 2.75) is 6.92 Å². The summed E-state index contributed by atoms with van der Waals surface area (Å²) in [5, 5.41) is 2.81. The van der Waals surface area contributed by atoms with Crippen LogP contribution in [0.3, 0.4) is 0 Å². The zero-order valence-electron chi connectivity index (χ0n) is 16.9. The van der Waals surface area contributed by atoms with Crippen molar-refractivity contribution in [1.82, 2.24) is 10.2 Å². The molecular formula is C22H18Cl2N2O5S. The van der Waals surface area contributed by atoms with Crippen molar-refractivity contribution in [3.8, 4) is 5.75 Å². The van der Waals surface area contributed by atoms with E-state index in [1.807, 2.05) is 0 Å². The summed E-state index contributed by atoms with van der Waals surface area (Å²) in [6.45, 7) is 1.32. The Hall–Kier alpha value is -2.81. The summed E-state index contributed by atoms with van der Waals surface area (Å²) in [5.41, 5.74) is 1.08. The van der Waals surface area contributed by atoms with E-state index in [9.17, 15) is 19.2 Å². The molecule has 3 amide bonds. The second kappa shape index (κ2) is 10.7.